The summed E-state index contributed by atoms with van der Waals surface area (Å²) in [4.78, 5) is 8.25. The van der Waals surface area contributed by atoms with Gasteiger partial charge in [-0.25, -0.2) is 9.97 Å². The van der Waals surface area contributed by atoms with Crippen molar-refractivity contribution in [1.82, 2.24) is 19.7 Å². The lowest BCUT2D eigenvalue weighted by Crippen LogP contribution is -2.30. The summed E-state index contributed by atoms with van der Waals surface area (Å²) in [6, 6.07) is -1.16. The maximum atomic E-state index is 12.4. The smallest absolute Gasteiger partial charge is 0.391 e. The molecule has 1 unspecified atom stereocenters. The molecule has 0 amide bonds. The fourth-order valence-electron chi connectivity index (χ4n) is 1.87. The number of anilines is 1. The van der Waals surface area contributed by atoms with Crippen LogP contribution in [0, 0.1) is 6.92 Å². The lowest BCUT2D eigenvalue weighted by Gasteiger charge is -2.19. The number of nitrogens with zero attached hydrogens (tertiary/aromatic N) is 4. The van der Waals surface area contributed by atoms with Gasteiger partial charge in [-0.05, 0) is 6.92 Å². The molecule has 2 rings (SSSR count). The third kappa shape index (κ3) is 3.16. The molecule has 2 heterocycles. The van der Waals surface area contributed by atoms with Crippen molar-refractivity contribution in [2.75, 3.05) is 11.9 Å². The predicted molar refractivity (Wildman–Crippen MR) is 66.2 cm³/mol. The van der Waals surface area contributed by atoms with E-state index in [0.717, 1.165) is 0 Å². The molecule has 110 valence electrons. The molecule has 0 saturated heterocycles. The Bertz CT molecular complexity index is 610. The first-order valence-corrected chi connectivity index (χ1v) is 5.90. The van der Waals surface area contributed by atoms with E-state index >= 15 is 0 Å². The van der Waals surface area contributed by atoms with Gasteiger partial charge in [0.1, 0.15) is 11.6 Å². The molecule has 9 heteroatoms. The van der Waals surface area contributed by atoms with E-state index in [0.29, 0.717) is 16.9 Å². The molecule has 0 saturated carbocycles. The van der Waals surface area contributed by atoms with E-state index < -0.39 is 25.2 Å². The Labute approximate surface area is 112 Å². The van der Waals surface area contributed by atoms with Crippen LogP contribution in [0.2, 0.25) is 0 Å². The minimum atomic E-state index is -4.36. The predicted octanol–water partition coefficient (Wildman–Crippen LogP) is 1.40. The molecule has 2 aromatic rings. The second kappa shape index (κ2) is 5.23. The number of aliphatic hydroxyl groups is 1. The standard InChI is InChI=1S/C11H14F3N5O/c1-6-16-9(8-4-15-19(2)10(8)17-6)18-7(5-20)3-11(12,13)14/h4,7,20H,3,5H2,1-2H3,(H,16,17,18). The molecular weight excluding hydrogens is 275 g/mol. The molecule has 0 bridgehead atoms. The Morgan fingerprint density at radius 2 is 2.10 bits per heavy atom. The van der Waals surface area contributed by atoms with Crippen molar-refractivity contribution in [1.29, 1.82) is 0 Å². The van der Waals surface area contributed by atoms with Crippen molar-refractivity contribution in [2.45, 2.75) is 25.6 Å². The van der Waals surface area contributed by atoms with Gasteiger partial charge in [0.05, 0.1) is 30.7 Å². The highest BCUT2D eigenvalue weighted by Gasteiger charge is 2.32. The van der Waals surface area contributed by atoms with Gasteiger partial charge in [0, 0.05) is 7.05 Å². The van der Waals surface area contributed by atoms with Crippen LogP contribution >= 0.6 is 0 Å². The second-order valence-electron chi connectivity index (χ2n) is 4.47. The van der Waals surface area contributed by atoms with E-state index in [1.165, 1.54) is 10.9 Å². The number of rotatable bonds is 4. The van der Waals surface area contributed by atoms with Crippen molar-refractivity contribution < 1.29 is 18.3 Å². The molecular formula is C11H14F3N5O. The number of hydrogen-bond donors (Lipinski definition) is 2. The molecule has 0 aliphatic heterocycles. The molecule has 6 nitrogen and oxygen atoms in total. The largest absolute Gasteiger partial charge is 0.394 e. The Kier molecular flexibility index (Phi) is 3.80. The summed E-state index contributed by atoms with van der Waals surface area (Å²) >= 11 is 0. The first-order valence-electron chi connectivity index (χ1n) is 5.90. The molecule has 0 aromatic carbocycles. The Morgan fingerprint density at radius 3 is 2.70 bits per heavy atom. The number of alkyl halides is 3. The third-order valence-electron chi connectivity index (χ3n) is 2.74. The van der Waals surface area contributed by atoms with E-state index in [2.05, 4.69) is 20.4 Å². The molecule has 0 aliphatic rings. The summed E-state index contributed by atoms with van der Waals surface area (Å²) in [6.45, 7) is 0.986. The second-order valence-corrected chi connectivity index (χ2v) is 4.47. The summed E-state index contributed by atoms with van der Waals surface area (Å²) in [5, 5.41) is 16.2. The van der Waals surface area contributed by atoms with Crippen molar-refractivity contribution in [3.8, 4) is 0 Å². The fraction of sp³-hybridized carbons (Fsp3) is 0.545. The molecule has 0 fully saturated rings. The first kappa shape index (κ1) is 14.5. The minimum Gasteiger partial charge on any atom is -0.394 e. The average Bonchev–Trinajstić information content (AvgIpc) is 2.69. The zero-order valence-electron chi connectivity index (χ0n) is 10.9. The van der Waals surface area contributed by atoms with Gasteiger partial charge in [0.15, 0.2) is 5.65 Å². The number of halogens is 3. The van der Waals surface area contributed by atoms with E-state index in [4.69, 9.17) is 5.11 Å². The number of aromatic nitrogens is 4. The molecule has 0 aliphatic carbocycles. The highest BCUT2D eigenvalue weighted by molar-refractivity contribution is 5.86. The number of hydrogen-bond acceptors (Lipinski definition) is 5. The monoisotopic (exact) mass is 289 g/mol. The third-order valence-corrected chi connectivity index (χ3v) is 2.74. The van der Waals surface area contributed by atoms with Gasteiger partial charge >= 0.3 is 6.18 Å². The number of fused-ring (bicyclic) bond motifs is 1. The van der Waals surface area contributed by atoms with Crippen LogP contribution < -0.4 is 5.32 Å². The SMILES string of the molecule is Cc1nc(NC(CO)CC(F)(F)F)c2cnn(C)c2n1. The van der Waals surface area contributed by atoms with Gasteiger partial charge in [-0.1, -0.05) is 0 Å². The summed E-state index contributed by atoms with van der Waals surface area (Å²) in [6.07, 6.45) is -4.04. The van der Waals surface area contributed by atoms with Crippen LogP contribution in [0.1, 0.15) is 12.2 Å². The maximum Gasteiger partial charge on any atom is 0.391 e. The average molecular weight is 289 g/mol. The van der Waals surface area contributed by atoms with Crippen LogP contribution in [0.15, 0.2) is 6.20 Å². The number of aryl methyl sites for hydroxylation is 2. The van der Waals surface area contributed by atoms with E-state index in [-0.39, 0.29) is 5.82 Å². The zero-order valence-corrected chi connectivity index (χ0v) is 10.9. The van der Waals surface area contributed by atoms with Crippen LogP contribution in [0.25, 0.3) is 11.0 Å². The molecule has 2 N–H and O–H groups in total. The van der Waals surface area contributed by atoms with Crippen molar-refractivity contribution in [2.24, 2.45) is 7.05 Å². The summed E-state index contributed by atoms with van der Waals surface area (Å²) in [5.74, 6) is 0.649. The van der Waals surface area contributed by atoms with Gasteiger partial charge in [0.25, 0.3) is 0 Å². The summed E-state index contributed by atoms with van der Waals surface area (Å²) in [5.41, 5.74) is 0.517. The quantitative estimate of drug-likeness (QED) is 0.889. The zero-order chi connectivity index (χ0) is 14.9. The van der Waals surface area contributed by atoms with Crippen LogP contribution in [-0.2, 0) is 7.05 Å². The van der Waals surface area contributed by atoms with Crippen LogP contribution in [0.3, 0.4) is 0 Å². The Morgan fingerprint density at radius 1 is 1.40 bits per heavy atom. The Balaban J connectivity index is 2.32. The van der Waals surface area contributed by atoms with Gasteiger partial charge in [-0.3, -0.25) is 4.68 Å². The molecule has 1 atom stereocenters. The van der Waals surface area contributed by atoms with Crippen molar-refractivity contribution in [3.63, 3.8) is 0 Å². The van der Waals surface area contributed by atoms with E-state index in [9.17, 15) is 13.2 Å². The molecule has 2 aromatic heterocycles. The minimum absolute atomic E-state index is 0.240. The normalized spacial score (nSPS) is 13.7. The van der Waals surface area contributed by atoms with E-state index in [1.54, 1.807) is 14.0 Å². The summed E-state index contributed by atoms with van der Waals surface area (Å²) in [7, 11) is 1.68. The molecule has 0 spiro atoms. The number of aliphatic hydroxyl groups excluding tert-OH is 1. The number of nitrogens with one attached hydrogen (secondary N) is 1. The lowest BCUT2D eigenvalue weighted by atomic mass is 10.2. The van der Waals surface area contributed by atoms with Crippen LogP contribution in [0.5, 0.6) is 0 Å². The maximum absolute atomic E-state index is 12.4. The highest BCUT2D eigenvalue weighted by Crippen LogP contribution is 2.25. The fourth-order valence-corrected chi connectivity index (χ4v) is 1.87. The summed E-state index contributed by atoms with van der Waals surface area (Å²) < 4.78 is 38.7. The molecule has 0 radical (unpaired) electrons. The Hall–Kier alpha value is -1.90. The molecule has 20 heavy (non-hydrogen) atoms. The van der Waals surface area contributed by atoms with Crippen molar-refractivity contribution in [3.05, 3.63) is 12.0 Å². The van der Waals surface area contributed by atoms with Gasteiger partial charge in [0.2, 0.25) is 0 Å². The van der Waals surface area contributed by atoms with Crippen molar-refractivity contribution >= 4 is 16.9 Å². The van der Waals surface area contributed by atoms with Gasteiger partial charge in [-0.2, -0.15) is 18.3 Å². The lowest BCUT2D eigenvalue weighted by molar-refractivity contribution is -0.138. The highest BCUT2D eigenvalue weighted by atomic mass is 19.4. The van der Waals surface area contributed by atoms with Gasteiger partial charge < -0.3 is 10.4 Å². The van der Waals surface area contributed by atoms with Gasteiger partial charge in [-0.15, -0.1) is 0 Å². The van der Waals surface area contributed by atoms with Crippen LogP contribution in [-0.4, -0.2) is 43.7 Å². The first-order chi connectivity index (χ1) is 9.30. The van der Waals surface area contributed by atoms with E-state index in [1.807, 2.05) is 0 Å². The topological polar surface area (TPSA) is 75.9 Å². The van der Waals surface area contributed by atoms with Crippen LogP contribution in [0.4, 0.5) is 19.0 Å².